The molecule has 0 aromatic heterocycles. The van der Waals surface area contributed by atoms with Crippen molar-refractivity contribution in [3.8, 4) is 0 Å². The lowest BCUT2D eigenvalue weighted by Gasteiger charge is -2.20. The van der Waals surface area contributed by atoms with Gasteiger partial charge in [0.25, 0.3) is 0 Å². The molecule has 1 unspecified atom stereocenters. The van der Waals surface area contributed by atoms with Crippen LogP contribution in [0.3, 0.4) is 0 Å². The molecule has 76 valence electrons. The number of hydrogen-bond acceptors (Lipinski definition) is 3. The van der Waals surface area contributed by atoms with E-state index in [1.54, 1.807) is 0 Å². The Balaban J connectivity index is 2.99. The zero-order chi connectivity index (χ0) is 10.8. The summed E-state index contributed by atoms with van der Waals surface area (Å²) in [6.45, 7) is 1.06. The topological polar surface area (TPSA) is 77.8 Å². The molecule has 0 fully saturated rings. The summed E-state index contributed by atoms with van der Waals surface area (Å²) in [6.07, 6.45) is 0. The van der Waals surface area contributed by atoms with Crippen LogP contribution in [0.1, 0.15) is 22.8 Å². The molecule has 0 heterocycles. The minimum atomic E-state index is -1.32. The molecule has 1 aromatic carbocycles. The highest BCUT2D eigenvalue weighted by Crippen LogP contribution is 2.19. The molecule has 0 spiro atoms. The first-order valence-corrected chi connectivity index (χ1v) is 4.14. The Hall–Kier alpha value is -1.39. The van der Waals surface area contributed by atoms with Crippen LogP contribution in [-0.2, 0) is 5.60 Å². The predicted octanol–water partition coefficient (Wildman–Crippen LogP) is 0.585. The third-order valence-electron chi connectivity index (χ3n) is 2.06. The van der Waals surface area contributed by atoms with E-state index in [9.17, 15) is 9.90 Å². The van der Waals surface area contributed by atoms with Crippen LogP contribution in [0.4, 0.5) is 0 Å². The molecule has 0 aliphatic heterocycles. The van der Waals surface area contributed by atoms with Crippen molar-refractivity contribution in [3.63, 3.8) is 0 Å². The largest absolute Gasteiger partial charge is 0.478 e. The maximum absolute atomic E-state index is 10.5. The van der Waals surface area contributed by atoms with Crippen molar-refractivity contribution in [2.24, 2.45) is 0 Å². The van der Waals surface area contributed by atoms with Crippen LogP contribution in [0.5, 0.6) is 0 Å². The van der Waals surface area contributed by atoms with Gasteiger partial charge in [-0.05, 0) is 24.6 Å². The van der Waals surface area contributed by atoms with E-state index in [4.69, 9.17) is 10.2 Å². The highest BCUT2D eigenvalue weighted by Gasteiger charge is 2.21. The van der Waals surface area contributed by atoms with Gasteiger partial charge in [-0.3, -0.25) is 0 Å². The lowest BCUT2D eigenvalue weighted by atomic mass is 9.96. The van der Waals surface area contributed by atoms with Gasteiger partial charge >= 0.3 is 5.97 Å². The highest BCUT2D eigenvalue weighted by atomic mass is 16.4. The van der Waals surface area contributed by atoms with Gasteiger partial charge in [-0.1, -0.05) is 12.1 Å². The molecular formula is C10H12O4. The van der Waals surface area contributed by atoms with Crippen LogP contribution in [0, 0.1) is 0 Å². The van der Waals surface area contributed by atoms with Gasteiger partial charge < -0.3 is 15.3 Å². The molecular weight excluding hydrogens is 184 g/mol. The van der Waals surface area contributed by atoms with Crippen LogP contribution in [-0.4, -0.2) is 27.9 Å². The fourth-order valence-corrected chi connectivity index (χ4v) is 1.06. The summed E-state index contributed by atoms with van der Waals surface area (Å²) in [5.41, 5.74) is -0.677. The van der Waals surface area contributed by atoms with Crippen molar-refractivity contribution in [1.82, 2.24) is 0 Å². The fourth-order valence-electron chi connectivity index (χ4n) is 1.06. The number of aliphatic hydroxyl groups is 2. The van der Waals surface area contributed by atoms with Crippen molar-refractivity contribution in [2.45, 2.75) is 12.5 Å². The van der Waals surface area contributed by atoms with Crippen molar-refractivity contribution in [3.05, 3.63) is 35.4 Å². The van der Waals surface area contributed by atoms with Gasteiger partial charge in [0, 0.05) is 0 Å². The molecule has 0 amide bonds. The number of carboxylic acid groups (broad SMARTS) is 1. The van der Waals surface area contributed by atoms with Crippen LogP contribution in [0.15, 0.2) is 24.3 Å². The van der Waals surface area contributed by atoms with Gasteiger partial charge in [-0.15, -0.1) is 0 Å². The number of benzene rings is 1. The Morgan fingerprint density at radius 1 is 1.36 bits per heavy atom. The maximum atomic E-state index is 10.5. The van der Waals surface area contributed by atoms with Crippen LogP contribution < -0.4 is 0 Å². The quantitative estimate of drug-likeness (QED) is 0.661. The Morgan fingerprint density at radius 3 is 2.21 bits per heavy atom. The molecule has 4 heteroatoms. The number of carbonyl (C=O) groups is 1. The number of carboxylic acids is 1. The summed E-state index contributed by atoms with van der Waals surface area (Å²) in [4.78, 5) is 10.5. The predicted molar refractivity (Wildman–Crippen MR) is 50.1 cm³/mol. The van der Waals surface area contributed by atoms with E-state index in [0.717, 1.165) is 0 Å². The Bertz CT molecular complexity index is 326. The minimum absolute atomic E-state index is 0.155. The Morgan fingerprint density at radius 2 is 1.86 bits per heavy atom. The molecule has 0 aliphatic rings. The summed E-state index contributed by atoms with van der Waals surface area (Å²) in [5.74, 6) is -1.01. The van der Waals surface area contributed by atoms with Crippen LogP contribution >= 0.6 is 0 Å². The maximum Gasteiger partial charge on any atom is 0.335 e. The van der Waals surface area contributed by atoms with E-state index in [1.807, 2.05) is 0 Å². The smallest absolute Gasteiger partial charge is 0.335 e. The fraction of sp³-hybridized carbons (Fsp3) is 0.300. The summed E-state index contributed by atoms with van der Waals surface area (Å²) in [7, 11) is 0. The molecule has 1 rings (SSSR count). The average molecular weight is 196 g/mol. The third kappa shape index (κ3) is 2.10. The van der Waals surface area contributed by atoms with E-state index in [0.29, 0.717) is 5.56 Å². The second-order valence-corrected chi connectivity index (χ2v) is 3.31. The monoisotopic (exact) mass is 196 g/mol. The standard InChI is InChI=1S/C10H12O4/c1-10(14,6-11)8-4-2-7(3-5-8)9(12)13/h2-5,11,14H,6H2,1H3,(H,12,13). The molecule has 0 saturated heterocycles. The molecule has 14 heavy (non-hydrogen) atoms. The highest BCUT2D eigenvalue weighted by molar-refractivity contribution is 5.87. The van der Waals surface area contributed by atoms with E-state index < -0.39 is 18.2 Å². The Kier molecular flexibility index (Phi) is 2.88. The molecule has 0 bridgehead atoms. The molecule has 0 radical (unpaired) electrons. The summed E-state index contributed by atoms with van der Waals surface area (Å²) in [6, 6.07) is 5.75. The molecule has 1 aromatic rings. The Labute approximate surface area is 81.4 Å². The van der Waals surface area contributed by atoms with Crippen molar-refractivity contribution in [2.75, 3.05) is 6.61 Å². The molecule has 3 N–H and O–H groups in total. The molecule has 1 atom stereocenters. The van der Waals surface area contributed by atoms with E-state index in [2.05, 4.69) is 0 Å². The van der Waals surface area contributed by atoms with Crippen LogP contribution in [0.25, 0.3) is 0 Å². The van der Waals surface area contributed by atoms with Gasteiger partial charge in [0.2, 0.25) is 0 Å². The van der Waals surface area contributed by atoms with Gasteiger partial charge in [0.05, 0.1) is 12.2 Å². The zero-order valence-corrected chi connectivity index (χ0v) is 7.77. The second kappa shape index (κ2) is 3.77. The second-order valence-electron chi connectivity index (χ2n) is 3.31. The third-order valence-corrected chi connectivity index (χ3v) is 2.06. The number of aliphatic hydroxyl groups excluding tert-OH is 1. The molecule has 4 nitrogen and oxygen atoms in total. The zero-order valence-electron chi connectivity index (χ0n) is 7.77. The van der Waals surface area contributed by atoms with Gasteiger partial charge in [0.15, 0.2) is 0 Å². The lowest BCUT2D eigenvalue weighted by molar-refractivity contribution is -0.00231. The van der Waals surface area contributed by atoms with E-state index in [-0.39, 0.29) is 5.56 Å². The summed E-state index contributed by atoms with van der Waals surface area (Å²) in [5, 5.41) is 27.1. The average Bonchev–Trinajstić information content (AvgIpc) is 2.18. The molecule has 0 aliphatic carbocycles. The first kappa shape index (κ1) is 10.7. The number of aromatic carboxylic acids is 1. The van der Waals surface area contributed by atoms with Crippen LogP contribution in [0.2, 0.25) is 0 Å². The van der Waals surface area contributed by atoms with E-state index >= 15 is 0 Å². The van der Waals surface area contributed by atoms with Gasteiger partial charge in [-0.25, -0.2) is 4.79 Å². The number of hydrogen-bond donors (Lipinski definition) is 3. The number of rotatable bonds is 3. The first-order valence-electron chi connectivity index (χ1n) is 4.14. The van der Waals surface area contributed by atoms with E-state index in [1.165, 1.54) is 31.2 Å². The lowest BCUT2D eigenvalue weighted by Crippen LogP contribution is -2.25. The minimum Gasteiger partial charge on any atom is -0.478 e. The summed E-state index contributed by atoms with van der Waals surface area (Å²) >= 11 is 0. The van der Waals surface area contributed by atoms with Gasteiger partial charge in [-0.2, -0.15) is 0 Å². The summed E-state index contributed by atoms with van der Waals surface area (Å²) < 4.78 is 0. The van der Waals surface area contributed by atoms with Crippen molar-refractivity contribution >= 4 is 5.97 Å². The van der Waals surface area contributed by atoms with Crippen molar-refractivity contribution < 1.29 is 20.1 Å². The normalized spacial score (nSPS) is 14.8. The first-order chi connectivity index (χ1) is 6.47. The SMILES string of the molecule is CC(O)(CO)c1ccc(C(=O)O)cc1. The molecule has 0 saturated carbocycles. The van der Waals surface area contributed by atoms with Gasteiger partial charge in [0.1, 0.15) is 5.60 Å². The van der Waals surface area contributed by atoms with Crippen molar-refractivity contribution in [1.29, 1.82) is 0 Å².